The van der Waals surface area contributed by atoms with E-state index in [0.29, 0.717) is 18.7 Å². The maximum atomic E-state index is 14.3. The van der Waals surface area contributed by atoms with Crippen molar-refractivity contribution in [2.24, 2.45) is 0 Å². The maximum absolute atomic E-state index is 14.3. The third-order valence-corrected chi connectivity index (χ3v) is 8.17. The molecule has 0 aliphatic carbocycles. The number of urea groups is 1. The number of hydrogen-bond acceptors (Lipinski definition) is 4. The van der Waals surface area contributed by atoms with Gasteiger partial charge in [0.05, 0.1) is 18.4 Å². The predicted molar refractivity (Wildman–Crippen MR) is 159 cm³/mol. The number of carbonyl (C=O) groups is 3. The molecular weight excluding hydrogens is 528 g/mol. The van der Waals surface area contributed by atoms with Crippen molar-refractivity contribution in [3.63, 3.8) is 0 Å². The average Bonchev–Trinajstić information content (AvgIpc) is 3.53. The highest BCUT2D eigenvalue weighted by molar-refractivity contribution is 6.24. The number of H-pyrrole nitrogens is 1. The van der Waals surface area contributed by atoms with E-state index in [1.54, 1.807) is 36.3 Å². The summed E-state index contributed by atoms with van der Waals surface area (Å²) in [6.07, 6.45) is 0.370. The number of rotatable bonds is 6. The standard InChI is InChI=1S/C34H28N4O4/c1-42-23-17-15-22(16-18-23)31-30-26(24-11-5-7-13-27(24)36-30)19-29-33(40)38(34(41)37(29)31)28-14-8-6-12-25(28)32(39)35-20-21-9-3-2-4-10-21/h2-18,29,31,36H,19-20H2,1H3,(H,35,39). The Hall–Kier alpha value is -5.37. The highest BCUT2D eigenvalue weighted by Gasteiger charge is 2.53. The molecule has 2 aliphatic heterocycles. The van der Waals surface area contributed by atoms with E-state index in [0.717, 1.165) is 33.3 Å². The molecule has 2 atom stereocenters. The number of nitrogens with one attached hydrogen (secondary N) is 2. The maximum Gasteiger partial charge on any atom is 0.332 e. The zero-order valence-corrected chi connectivity index (χ0v) is 22.9. The van der Waals surface area contributed by atoms with E-state index in [1.165, 1.54) is 4.90 Å². The lowest BCUT2D eigenvalue weighted by Crippen LogP contribution is -2.44. The number of methoxy groups -OCH3 is 1. The van der Waals surface area contributed by atoms with Gasteiger partial charge >= 0.3 is 6.03 Å². The van der Waals surface area contributed by atoms with Gasteiger partial charge in [-0.1, -0.05) is 72.8 Å². The van der Waals surface area contributed by atoms with Crippen LogP contribution >= 0.6 is 0 Å². The smallest absolute Gasteiger partial charge is 0.332 e. The number of amides is 4. The minimum Gasteiger partial charge on any atom is -0.497 e. The van der Waals surface area contributed by atoms with Crippen LogP contribution in [0, 0.1) is 0 Å². The molecule has 3 heterocycles. The zero-order valence-electron chi connectivity index (χ0n) is 22.9. The second-order valence-electron chi connectivity index (χ2n) is 10.5. The van der Waals surface area contributed by atoms with Crippen molar-refractivity contribution < 1.29 is 19.1 Å². The van der Waals surface area contributed by atoms with Crippen molar-refractivity contribution in [1.82, 2.24) is 15.2 Å². The summed E-state index contributed by atoms with van der Waals surface area (Å²) < 4.78 is 5.37. The van der Waals surface area contributed by atoms with Gasteiger partial charge < -0.3 is 15.0 Å². The van der Waals surface area contributed by atoms with Crippen LogP contribution in [0.25, 0.3) is 10.9 Å². The first kappa shape index (κ1) is 25.6. The molecular formula is C34H28N4O4. The molecule has 4 amide bonds. The van der Waals surface area contributed by atoms with Gasteiger partial charge in [0.25, 0.3) is 11.8 Å². The number of anilines is 1. The molecule has 1 fully saturated rings. The summed E-state index contributed by atoms with van der Waals surface area (Å²) in [6, 6.07) is 30.2. The van der Waals surface area contributed by atoms with E-state index in [9.17, 15) is 14.4 Å². The van der Waals surface area contributed by atoms with Gasteiger partial charge in [0, 0.05) is 29.6 Å². The number of aromatic amines is 1. The Kier molecular flexibility index (Phi) is 6.23. The summed E-state index contributed by atoms with van der Waals surface area (Å²) >= 11 is 0. The van der Waals surface area contributed by atoms with Gasteiger partial charge in [-0.3, -0.25) is 14.5 Å². The van der Waals surface area contributed by atoms with Gasteiger partial charge in [0.15, 0.2) is 0 Å². The summed E-state index contributed by atoms with van der Waals surface area (Å²) in [7, 11) is 1.61. The fourth-order valence-electron chi connectivity index (χ4n) is 6.16. The molecule has 0 saturated carbocycles. The van der Waals surface area contributed by atoms with Crippen LogP contribution in [0.4, 0.5) is 10.5 Å². The number of carbonyl (C=O) groups excluding carboxylic acids is 3. The zero-order chi connectivity index (χ0) is 28.8. The Morgan fingerprint density at radius 3 is 2.40 bits per heavy atom. The highest BCUT2D eigenvalue weighted by Crippen LogP contribution is 2.45. The molecule has 208 valence electrons. The lowest BCUT2D eigenvalue weighted by Gasteiger charge is -2.36. The van der Waals surface area contributed by atoms with Crippen LogP contribution in [-0.4, -0.2) is 40.9 Å². The first-order valence-corrected chi connectivity index (χ1v) is 13.9. The van der Waals surface area contributed by atoms with Crippen LogP contribution in [-0.2, 0) is 17.8 Å². The van der Waals surface area contributed by atoms with Crippen molar-refractivity contribution in [1.29, 1.82) is 0 Å². The number of benzene rings is 4. The van der Waals surface area contributed by atoms with Gasteiger partial charge in [-0.2, -0.15) is 0 Å². The second kappa shape index (κ2) is 10.2. The molecule has 0 radical (unpaired) electrons. The highest BCUT2D eigenvalue weighted by atomic mass is 16.5. The van der Waals surface area contributed by atoms with Crippen LogP contribution in [0.1, 0.15) is 38.8 Å². The SMILES string of the molecule is COc1ccc(C2c3[nH]c4ccccc4c3CC3C(=O)N(c4ccccc4C(=O)NCc4ccccc4)C(=O)N32)cc1. The van der Waals surface area contributed by atoms with Gasteiger partial charge in [0.2, 0.25) is 0 Å². The predicted octanol–water partition coefficient (Wildman–Crippen LogP) is 5.59. The van der Waals surface area contributed by atoms with Crippen molar-refractivity contribution in [2.45, 2.75) is 25.0 Å². The van der Waals surface area contributed by atoms with E-state index in [4.69, 9.17) is 4.74 Å². The first-order valence-electron chi connectivity index (χ1n) is 13.9. The largest absolute Gasteiger partial charge is 0.497 e. The van der Waals surface area contributed by atoms with Gasteiger partial charge in [-0.05, 0) is 47.0 Å². The lowest BCUT2D eigenvalue weighted by atomic mass is 9.89. The number of ether oxygens (including phenoxy) is 1. The topological polar surface area (TPSA) is 94.7 Å². The quantitative estimate of drug-likeness (QED) is 0.267. The summed E-state index contributed by atoms with van der Waals surface area (Å²) in [6.45, 7) is 0.325. The minimum absolute atomic E-state index is 0.264. The molecule has 8 nitrogen and oxygen atoms in total. The summed E-state index contributed by atoms with van der Waals surface area (Å²) in [5, 5.41) is 3.96. The van der Waals surface area contributed by atoms with Crippen LogP contribution in [0.2, 0.25) is 0 Å². The molecule has 1 aromatic heterocycles. The van der Waals surface area contributed by atoms with Crippen molar-refractivity contribution >= 4 is 34.4 Å². The third kappa shape index (κ3) is 4.11. The molecule has 8 heteroatoms. The van der Waals surface area contributed by atoms with Gasteiger partial charge in [0.1, 0.15) is 17.8 Å². The fourth-order valence-corrected chi connectivity index (χ4v) is 6.16. The van der Waals surface area contributed by atoms with E-state index >= 15 is 0 Å². The van der Waals surface area contributed by atoms with Crippen molar-refractivity contribution in [3.8, 4) is 5.75 Å². The number of hydrogen-bond donors (Lipinski definition) is 2. The Labute approximate surface area is 242 Å². The molecule has 0 spiro atoms. The summed E-state index contributed by atoms with van der Waals surface area (Å²) in [5.74, 6) is -0.00975. The van der Waals surface area contributed by atoms with Crippen molar-refractivity contribution in [3.05, 3.63) is 131 Å². The number of para-hydroxylation sites is 2. The molecule has 1 saturated heterocycles. The fraction of sp³-hybridized carbons (Fsp3) is 0.147. The monoisotopic (exact) mass is 556 g/mol. The number of nitrogens with zero attached hydrogens (tertiary/aromatic N) is 2. The van der Waals surface area contributed by atoms with E-state index in [1.807, 2.05) is 78.9 Å². The van der Waals surface area contributed by atoms with Crippen LogP contribution in [0.15, 0.2) is 103 Å². The summed E-state index contributed by atoms with van der Waals surface area (Å²) in [4.78, 5) is 48.2. The molecule has 4 aromatic carbocycles. The summed E-state index contributed by atoms with van der Waals surface area (Å²) in [5.41, 5.74) is 5.20. The Morgan fingerprint density at radius 1 is 0.905 bits per heavy atom. The molecule has 7 rings (SSSR count). The van der Waals surface area contributed by atoms with E-state index in [-0.39, 0.29) is 23.1 Å². The Bertz CT molecular complexity index is 1830. The lowest BCUT2D eigenvalue weighted by molar-refractivity contribution is -0.120. The molecule has 0 bridgehead atoms. The molecule has 2 aliphatic rings. The van der Waals surface area contributed by atoms with Gasteiger partial charge in [-0.15, -0.1) is 0 Å². The molecule has 42 heavy (non-hydrogen) atoms. The second-order valence-corrected chi connectivity index (χ2v) is 10.5. The average molecular weight is 557 g/mol. The number of fused-ring (bicyclic) bond motifs is 4. The first-order chi connectivity index (χ1) is 20.5. The number of imide groups is 1. The Morgan fingerprint density at radius 2 is 1.62 bits per heavy atom. The van der Waals surface area contributed by atoms with Crippen LogP contribution in [0.3, 0.4) is 0 Å². The van der Waals surface area contributed by atoms with E-state index < -0.39 is 18.1 Å². The number of aromatic nitrogens is 1. The van der Waals surface area contributed by atoms with E-state index in [2.05, 4.69) is 10.3 Å². The van der Waals surface area contributed by atoms with Gasteiger partial charge in [-0.25, -0.2) is 9.69 Å². The normalized spacial score (nSPS) is 17.7. The van der Waals surface area contributed by atoms with Crippen LogP contribution < -0.4 is 15.0 Å². The Balaban J connectivity index is 1.29. The minimum atomic E-state index is -0.725. The molecule has 2 N–H and O–H groups in total. The van der Waals surface area contributed by atoms with Crippen molar-refractivity contribution in [2.75, 3.05) is 12.0 Å². The van der Waals surface area contributed by atoms with Crippen LogP contribution in [0.5, 0.6) is 5.75 Å². The third-order valence-electron chi connectivity index (χ3n) is 8.17. The molecule has 5 aromatic rings. The molecule has 2 unspecified atom stereocenters.